The van der Waals surface area contributed by atoms with Gasteiger partial charge in [0.2, 0.25) is 0 Å². The molecule has 0 saturated carbocycles. The van der Waals surface area contributed by atoms with Crippen molar-refractivity contribution in [3.05, 3.63) is 96.8 Å². The number of hydrogen-bond donors (Lipinski definition) is 1. The molecule has 4 rings (SSSR count). The molecule has 6 nitrogen and oxygen atoms in total. The van der Waals surface area contributed by atoms with Crippen molar-refractivity contribution >= 4 is 16.6 Å². The van der Waals surface area contributed by atoms with Gasteiger partial charge < -0.3 is 19.5 Å². The summed E-state index contributed by atoms with van der Waals surface area (Å²) < 4.78 is 17.0. The highest BCUT2D eigenvalue weighted by molar-refractivity contribution is 5.88. The smallest absolute Gasteiger partial charge is 0.162 e. The van der Waals surface area contributed by atoms with Crippen LogP contribution in [-0.2, 0) is 6.54 Å². The number of likely N-dealkylation sites (N-methyl/N-ethyl adjacent to an activating group) is 1. The number of aromatic nitrogens is 1. The van der Waals surface area contributed by atoms with Crippen LogP contribution in [0.4, 0.5) is 5.69 Å². The molecule has 0 radical (unpaired) electrons. The zero-order valence-corrected chi connectivity index (χ0v) is 20.6. The Labute approximate surface area is 206 Å². The van der Waals surface area contributed by atoms with Crippen LogP contribution in [0.25, 0.3) is 10.9 Å². The quantitative estimate of drug-likeness (QED) is 0.286. The molecule has 0 saturated heterocycles. The first-order valence-corrected chi connectivity index (χ1v) is 11.5. The van der Waals surface area contributed by atoms with Gasteiger partial charge in [-0.3, -0.25) is 9.88 Å². The van der Waals surface area contributed by atoms with E-state index in [2.05, 4.69) is 60.0 Å². The SMILES string of the molecule is C=C(Nc1ccc(Oc2ccnc3cc(OC)c(OC)cc23)cc1)C(C)N(C)Cc1ccccc1. The Morgan fingerprint density at radius 1 is 0.943 bits per heavy atom. The number of rotatable bonds is 10. The molecule has 0 aliphatic rings. The molecule has 4 aromatic rings. The molecule has 0 aliphatic heterocycles. The normalized spacial score (nSPS) is 11.8. The number of methoxy groups -OCH3 is 2. The van der Waals surface area contributed by atoms with E-state index >= 15 is 0 Å². The van der Waals surface area contributed by atoms with Crippen molar-refractivity contribution in [2.75, 3.05) is 26.6 Å². The molecule has 0 amide bonds. The van der Waals surface area contributed by atoms with Gasteiger partial charge in [0.15, 0.2) is 11.5 Å². The van der Waals surface area contributed by atoms with E-state index in [1.165, 1.54) is 5.56 Å². The van der Waals surface area contributed by atoms with Crippen LogP contribution >= 0.6 is 0 Å². The minimum absolute atomic E-state index is 0.154. The average Bonchev–Trinajstić information content (AvgIpc) is 2.89. The zero-order valence-electron chi connectivity index (χ0n) is 20.6. The second kappa shape index (κ2) is 10.9. The third kappa shape index (κ3) is 5.73. The summed E-state index contributed by atoms with van der Waals surface area (Å²) >= 11 is 0. The van der Waals surface area contributed by atoms with E-state index in [9.17, 15) is 0 Å². The number of pyridine rings is 1. The molecular weight excluding hydrogens is 438 g/mol. The van der Waals surface area contributed by atoms with Crippen LogP contribution in [0.3, 0.4) is 0 Å². The molecule has 6 heteroatoms. The van der Waals surface area contributed by atoms with E-state index in [1.807, 2.05) is 48.5 Å². The van der Waals surface area contributed by atoms with Gasteiger partial charge in [0.25, 0.3) is 0 Å². The molecular formula is C29H31N3O3. The van der Waals surface area contributed by atoms with Crippen molar-refractivity contribution in [2.24, 2.45) is 0 Å². The predicted molar refractivity (Wildman–Crippen MR) is 141 cm³/mol. The lowest BCUT2D eigenvalue weighted by molar-refractivity contribution is 0.280. The molecule has 0 aliphatic carbocycles. The first-order valence-electron chi connectivity index (χ1n) is 11.5. The molecule has 1 N–H and O–H groups in total. The number of nitrogens with one attached hydrogen (secondary N) is 1. The van der Waals surface area contributed by atoms with Crippen LogP contribution < -0.4 is 19.5 Å². The third-order valence-corrected chi connectivity index (χ3v) is 6.03. The van der Waals surface area contributed by atoms with Gasteiger partial charge in [-0.05, 0) is 55.9 Å². The largest absolute Gasteiger partial charge is 0.493 e. The highest BCUT2D eigenvalue weighted by atomic mass is 16.5. The Balaban J connectivity index is 1.43. The molecule has 1 heterocycles. The summed E-state index contributed by atoms with van der Waals surface area (Å²) in [5.74, 6) is 2.67. The molecule has 0 fully saturated rings. The van der Waals surface area contributed by atoms with Crippen LogP contribution in [0, 0.1) is 0 Å². The lowest BCUT2D eigenvalue weighted by Gasteiger charge is -2.27. The number of anilines is 1. The van der Waals surface area contributed by atoms with Crippen molar-refractivity contribution in [3.8, 4) is 23.0 Å². The van der Waals surface area contributed by atoms with E-state index in [1.54, 1.807) is 20.4 Å². The third-order valence-electron chi connectivity index (χ3n) is 6.03. The van der Waals surface area contributed by atoms with Crippen molar-refractivity contribution < 1.29 is 14.2 Å². The second-order valence-corrected chi connectivity index (χ2v) is 8.39. The average molecular weight is 470 g/mol. The summed E-state index contributed by atoms with van der Waals surface area (Å²) in [7, 11) is 5.32. The van der Waals surface area contributed by atoms with E-state index < -0.39 is 0 Å². The standard InChI is InChI=1S/C29H31N3O3/c1-20(21(2)32(3)19-22-9-7-6-8-10-22)31-23-11-13-24(14-12-23)35-27-15-16-30-26-18-29(34-5)28(33-4)17-25(26)27/h6-18,21,31H,1,19H2,2-5H3. The summed E-state index contributed by atoms with van der Waals surface area (Å²) in [4.78, 5) is 6.70. The van der Waals surface area contributed by atoms with Gasteiger partial charge in [0.1, 0.15) is 11.5 Å². The van der Waals surface area contributed by atoms with Crippen molar-refractivity contribution in [3.63, 3.8) is 0 Å². The molecule has 1 atom stereocenters. The maximum atomic E-state index is 6.18. The summed E-state index contributed by atoms with van der Waals surface area (Å²) in [6.07, 6.45) is 1.72. The minimum Gasteiger partial charge on any atom is -0.493 e. The number of ether oxygens (including phenoxy) is 3. The van der Waals surface area contributed by atoms with E-state index in [4.69, 9.17) is 14.2 Å². The first kappa shape index (κ1) is 24.1. The second-order valence-electron chi connectivity index (χ2n) is 8.39. The van der Waals surface area contributed by atoms with Crippen molar-refractivity contribution in [1.29, 1.82) is 0 Å². The van der Waals surface area contributed by atoms with Gasteiger partial charge in [-0.2, -0.15) is 0 Å². The Morgan fingerprint density at radius 3 is 2.31 bits per heavy atom. The number of hydrogen-bond acceptors (Lipinski definition) is 6. The monoisotopic (exact) mass is 469 g/mol. The van der Waals surface area contributed by atoms with Gasteiger partial charge in [-0.25, -0.2) is 0 Å². The lowest BCUT2D eigenvalue weighted by Crippen LogP contribution is -2.32. The molecule has 1 aromatic heterocycles. The van der Waals surface area contributed by atoms with Gasteiger partial charge >= 0.3 is 0 Å². The maximum absolute atomic E-state index is 6.18. The summed E-state index contributed by atoms with van der Waals surface area (Å²) in [6, 6.07) is 24.0. The number of nitrogens with zero attached hydrogens (tertiary/aromatic N) is 2. The highest BCUT2D eigenvalue weighted by Crippen LogP contribution is 2.37. The minimum atomic E-state index is 0.154. The summed E-state index contributed by atoms with van der Waals surface area (Å²) in [5.41, 5.74) is 3.92. The van der Waals surface area contributed by atoms with Crippen molar-refractivity contribution in [2.45, 2.75) is 19.5 Å². The highest BCUT2D eigenvalue weighted by Gasteiger charge is 2.14. The van der Waals surface area contributed by atoms with E-state index in [0.29, 0.717) is 17.2 Å². The summed E-state index contributed by atoms with van der Waals surface area (Å²) in [6.45, 7) is 7.25. The lowest BCUT2D eigenvalue weighted by atomic mass is 10.1. The molecule has 3 aromatic carbocycles. The van der Waals surface area contributed by atoms with Crippen LogP contribution in [0.5, 0.6) is 23.0 Å². The predicted octanol–water partition coefficient (Wildman–Crippen LogP) is 6.49. The number of benzene rings is 3. The fourth-order valence-corrected chi connectivity index (χ4v) is 3.83. The van der Waals surface area contributed by atoms with Gasteiger partial charge in [0.05, 0.1) is 19.7 Å². The Hall–Kier alpha value is -4.03. The Bertz CT molecular complexity index is 1290. The fraction of sp³-hybridized carbons (Fsp3) is 0.207. The van der Waals surface area contributed by atoms with Crippen LogP contribution in [0.1, 0.15) is 12.5 Å². The van der Waals surface area contributed by atoms with E-state index in [-0.39, 0.29) is 6.04 Å². The molecule has 1 unspecified atom stereocenters. The maximum Gasteiger partial charge on any atom is 0.162 e. The Morgan fingerprint density at radius 2 is 1.63 bits per heavy atom. The summed E-state index contributed by atoms with van der Waals surface area (Å²) in [5, 5.41) is 4.27. The number of fused-ring (bicyclic) bond motifs is 1. The first-order chi connectivity index (χ1) is 17.0. The van der Waals surface area contributed by atoms with Gasteiger partial charge in [-0.1, -0.05) is 36.9 Å². The zero-order chi connectivity index (χ0) is 24.8. The topological polar surface area (TPSA) is 55.9 Å². The van der Waals surface area contributed by atoms with Crippen molar-refractivity contribution in [1.82, 2.24) is 9.88 Å². The van der Waals surface area contributed by atoms with Crippen LogP contribution in [0.2, 0.25) is 0 Å². The fourth-order valence-electron chi connectivity index (χ4n) is 3.83. The van der Waals surface area contributed by atoms with Gasteiger partial charge in [-0.15, -0.1) is 0 Å². The molecule has 0 spiro atoms. The van der Waals surface area contributed by atoms with E-state index in [0.717, 1.165) is 34.6 Å². The molecule has 35 heavy (non-hydrogen) atoms. The van der Waals surface area contributed by atoms with Crippen LogP contribution in [-0.4, -0.2) is 37.2 Å². The molecule has 0 bridgehead atoms. The van der Waals surface area contributed by atoms with Crippen LogP contribution in [0.15, 0.2) is 91.3 Å². The Kier molecular flexibility index (Phi) is 7.53. The van der Waals surface area contributed by atoms with Gasteiger partial charge in [0, 0.05) is 41.6 Å². The molecule has 180 valence electrons.